The summed E-state index contributed by atoms with van der Waals surface area (Å²) in [5.74, 6) is -0.152. The molecule has 19 heavy (non-hydrogen) atoms. The van der Waals surface area contributed by atoms with E-state index in [-0.39, 0.29) is 12.1 Å². The van der Waals surface area contributed by atoms with Crippen LogP contribution in [0.3, 0.4) is 0 Å². The number of hydrogen-bond donors (Lipinski definition) is 2. The van der Waals surface area contributed by atoms with E-state index < -0.39 is 12.0 Å². The Balaban J connectivity index is 2.56. The number of carboxylic acids is 1. The Morgan fingerprint density at radius 3 is 2.53 bits per heavy atom. The van der Waals surface area contributed by atoms with Crippen molar-refractivity contribution in [3.8, 4) is 0 Å². The monoisotopic (exact) mass is 272 g/mol. The SMILES string of the molecule is COC1CC(C(=O)O)N(C(=O)NCC(C)C(C)C)C1. The van der Waals surface area contributed by atoms with Gasteiger partial charge in [0, 0.05) is 26.6 Å². The van der Waals surface area contributed by atoms with Gasteiger partial charge in [-0.15, -0.1) is 0 Å². The van der Waals surface area contributed by atoms with Gasteiger partial charge in [-0.25, -0.2) is 9.59 Å². The standard InChI is InChI=1S/C13H24N2O4/c1-8(2)9(3)6-14-13(18)15-7-10(19-4)5-11(15)12(16)17/h8-11H,5-7H2,1-4H3,(H,14,18)(H,16,17). The first-order valence-corrected chi connectivity index (χ1v) is 6.66. The Hall–Kier alpha value is -1.30. The highest BCUT2D eigenvalue weighted by molar-refractivity contribution is 5.83. The topological polar surface area (TPSA) is 78.9 Å². The molecular formula is C13H24N2O4. The first-order valence-electron chi connectivity index (χ1n) is 6.66. The minimum atomic E-state index is -0.980. The lowest BCUT2D eigenvalue weighted by Gasteiger charge is -2.23. The largest absolute Gasteiger partial charge is 0.480 e. The Morgan fingerprint density at radius 2 is 2.05 bits per heavy atom. The van der Waals surface area contributed by atoms with Crippen molar-refractivity contribution in [1.29, 1.82) is 0 Å². The molecule has 1 rings (SSSR count). The molecule has 1 saturated heterocycles. The number of urea groups is 1. The van der Waals surface area contributed by atoms with Crippen LogP contribution in [-0.2, 0) is 9.53 Å². The van der Waals surface area contributed by atoms with Crippen LogP contribution < -0.4 is 5.32 Å². The number of aliphatic carboxylic acids is 1. The molecule has 1 fully saturated rings. The number of methoxy groups -OCH3 is 1. The zero-order valence-corrected chi connectivity index (χ0v) is 12.0. The summed E-state index contributed by atoms with van der Waals surface area (Å²) in [6, 6.07) is -1.11. The fourth-order valence-electron chi connectivity index (χ4n) is 2.01. The maximum Gasteiger partial charge on any atom is 0.326 e. The van der Waals surface area contributed by atoms with Gasteiger partial charge in [0.25, 0.3) is 0 Å². The molecule has 6 nitrogen and oxygen atoms in total. The van der Waals surface area contributed by atoms with E-state index in [1.807, 2.05) is 0 Å². The highest BCUT2D eigenvalue weighted by atomic mass is 16.5. The molecule has 0 saturated carbocycles. The zero-order valence-electron chi connectivity index (χ0n) is 12.0. The van der Waals surface area contributed by atoms with Crippen molar-refractivity contribution in [2.45, 2.75) is 39.3 Å². The van der Waals surface area contributed by atoms with Gasteiger partial charge in [-0.2, -0.15) is 0 Å². The highest BCUT2D eigenvalue weighted by Crippen LogP contribution is 2.20. The smallest absolute Gasteiger partial charge is 0.326 e. The van der Waals surface area contributed by atoms with Gasteiger partial charge in [0.05, 0.1) is 6.10 Å². The molecule has 2 amide bonds. The maximum absolute atomic E-state index is 12.0. The molecule has 0 aliphatic carbocycles. The van der Waals surface area contributed by atoms with E-state index in [4.69, 9.17) is 9.84 Å². The van der Waals surface area contributed by atoms with Crippen LogP contribution in [0.4, 0.5) is 4.79 Å². The van der Waals surface area contributed by atoms with E-state index in [0.717, 1.165) is 0 Å². The van der Waals surface area contributed by atoms with Crippen LogP contribution in [0, 0.1) is 11.8 Å². The van der Waals surface area contributed by atoms with E-state index in [9.17, 15) is 9.59 Å². The number of nitrogens with one attached hydrogen (secondary N) is 1. The van der Waals surface area contributed by atoms with Crippen molar-refractivity contribution in [2.24, 2.45) is 11.8 Å². The predicted molar refractivity (Wildman–Crippen MR) is 70.9 cm³/mol. The predicted octanol–water partition coefficient (Wildman–Crippen LogP) is 1.16. The first-order chi connectivity index (χ1) is 8.86. The molecule has 0 bridgehead atoms. The lowest BCUT2D eigenvalue weighted by Crippen LogP contribution is -2.47. The van der Waals surface area contributed by atoms with Gasteiger partial charge in [-0.05, 0) is 11.8 Å². The van der Waals surface area contributed by atoms with Gasteiger partial charge in [0.1, 0.15) is 6.04 Å². The van der Waals surface area contributed by atoms with Gasteiger partial charge in [0.2, 0.25) is 0 Å². The number of amides is 2. The van der Waals surface area contributed by atoms with Crippen molar-refractivity contribution < 1.29 is 19.4 Å². The molecule has 0 aromatic carbocycles. The van der Waals surface area contributed by atoms with Crippen LogP contribution in [0.2, 0.25) is 0 Å². The normalized spacial score (nSPS) is 24.6. The average Bonchev–Trinajstić information content (AvgIpc) is 2.79. The third-order valence-corrected chi connectivity index (χ3v) is 3.86. The van der Waals surface area contributed by atoms with Crippen molar-refractivity contribution in [1.82, 2.24) is 10.2 Å². The molecular weight excluding hydrogens is 248 g/mol. The summed E-state index contributed by atoms with van der Waals surface area (Å²) in [7, 11) is 1.53. The van der Waals surface area contributed by atoms with Crippen molar-refractivity contribution in [3.05, 3.63) is 0 Å². The van der Waals surface area contributed by atoms with Gasteiger partial charge in [0.15, 0.2) is 0 Å². The first kappa shape index (κ1) is 15.8. The highest BCUT2D eigenvalue weighted by Gasteiger charge is 2.39. The summed E-state index contributed by atoms with van der Waals surface area (Å²) in [6.45, 7) is 7.12. The molecule has 3 unspecified atom stereocenters. The zero-order chi connectivity index (χ0) is 14.6. The van der Waals surface area contributed by atoms with Crippen LogP contribution in [0.15, 0.2) is 0 Å². The number of carbonyl (C=O) groups excluding carboxylic acids is 1. The Kier molecular flexibility index (Phi) is 5.60. The second-order valence-electron chi connectivity index (χ2n) is 5.51. The van der Waals surface area contributed by atoms with Gasteiger partial charge >= 0.3 is 12.0 Å². The lowest BCUT2D eigenvalue weighted by atomic mass is 9.98. The van der Waals surface area contributed by atoms with E-state index >= 15 is 0 Å². The number of nitrogens with zero attached hydrogens (tertiary/aromatic N) is 1. The summed E-state index contributed by atoms with van der Waals surface area (Å²) in [5.41, 5.74) is 0. The Bertz CT molecular complexity index is 333. The second-order valence-corrected chi connectivity index (χ2v) is 5.51. The molecule has 0 aromatic heterocycles. The van der Waals surface area contributed by atoms with Gasteiger partial charge < -0.3 is 20.1 Å². The molecule has 6 heteroatoms. The number of ether oxygens (including phenoxy) is 1. The van der Waals surface area contributed by atoms with Crippen LogP contribution in [-0.4, -0.2) is 54.4 Å². The maximum atomic E-state index is 12.0. The number of likely N-dealkylation sites (tertiary alicyclic amines) is 1. The number of carbonyl (C=O) groups is 2. The minimum absolute atomic E-state index is 0.200. The van der Waals surface area contributed by atoms with E-state index in [1.54, 1.807) is 0 Å². The third kappa shape index (κ3) is 4.09. The molecule has 110 valence electrons. The Morgan fingerprint density at radius 1 is 1.42 bits per heavy atom. The number of hydrogen-bond acceptors (Lipinski definition) is 3. The summed E-state index contributed by atoms with van der Waals surface area (Å²) in [4.78, 5) is 24.5. The molecule has 3 atom stereocenters. The fourth-order valence-corrected chi connectivity index (χ4v) is 2.01. The summed E-state index contributed by atoms with van der Waals surface area (Å²) >= 11 is 0. The summed E-state index contributed by atoms with van der Waals surface area (Å²) < 4.78 is 5.15. The van der Waals surface area contributed by atoms with Crippen molar-refractivity contribution >= 4 is 12.0 Å². The van der Waals surface area contributed by atoms with Gasteiger partial charge in [-0.3, -0.25) is 0 Å². The van der Waals surface area contributed by atoms with E-state index in [2.05, 4.69) is 26.1 Å². The molecule has 0 aromatic rings. The molecule has 1 aliphatic rings. The minimum Gasteiger partial charge on any atom is -0.480 e. The molecule has 1 aliphatic heterocycles. The summed E-state index contributed by atoms with van der Waals surface area (Å²) in [6.07, 6.45) is 0.147. The summed E-state index contributed by atoms with van der Waals surface area (Å²) in [5, 5.41) is 11.9. The van der Waals surface area contributed by atoms with E-state index in [1.165, 1.54) is 12.0 Å². The fraction of sp³-hybridized carbons (Fsp3) is 0.846. The van der Waals surface area contributed by atoms with Crippen LogP contribution in [0.5, 0.6) is 0 Å². The Labute approximate surface area is 114 Å². The lowest BCUT2D eigenvalue weighted by molar-refractivity contribution is -0.141. The van der Waals surface area contributed by atoms with Crippen molar-refractivity contribution in [2.75, 3.05) is 20.2 Å². The van der Waals surface area contributed by atoms with Crippen LogP contribution in [0.1, 0.15) is 27.2 Å². The van der Waals surface area contributed by atoms with Crippen molar-refractivity contribution in [3.63, 3.8) is 0 Å². The van der Waals surface area contributed by atoms with Crippen LogP contribution >= 0.6 is 0 Å². The number of carboxylic acid groups (broad SMARTS) is 1. The number of rotatable bonds is 5. The molecule has 1 heterocycles. The van der Waals surface area contributed by atoms with Crippen LogP contribution in [0.25, 0.3) is 0 Å². The van der Waals surface area contributed by atoms with E-state index in [0.29, 0.717) is 31.3 Å². The molecule has 0 spiro atoms. The quantitative estimate of drug-likeness (QED) is 0.787. The molecule has 2 N–H and O–H groups in total. The third-order valence-electron chi connectivity index (χ3n) is 3.86. The average molecular weight is 272 g/mol. The second kappa shape index (κ2) is 6.75. The molecule has 0 radical (unpaired) electrons. The van der Waals surface area contributed by atoms with Gasteiger partial charge in [-0.1, -0.05) is 20.8 Å².